The topological polar surface area (TPSA) is 72.3 Å². The number of quaternary nitrogens is 1. The highest BCUT2D eigenvalue weighted by atomic mass is 32.2. The van der Waals surface area contributed by atoms with Crippen molar-refractivity contribution < 1.29 is 24.0 Å². The molecule has 1 unspecified atom stereocenters. The molecule has 0 aliphatic carbocycles. The lowest BCUT2D eigenvalue weighted by Gasteiger charge is -2.33. The predicted molar refractivity (Wildman–Crippen MR) is 93.0 cm³/mol. The SMILES string of the molecule is O=C1Nc2cc(C(=O)N3CCOCC3)ccc2SC1[NH+]1CCOCC1. The van der Waals surface area contributed by atoms with Crippen molar-refractivity contribution in [3.05, 3.63) is 23.8 Å². The van der Waals surface area contributed by atoms with Crippen LogP contribution in [0.15, 0.2) is 23.1 Å². The van der Waals surface area contributed by atoms with Gasteiger partial charge < -0.3 is 24.6 Å². The van der Waals surface area contributed by atoms with Gasteiger partial charge in [-0.3, -0.25) is 9.59 Å². The Morgan fingerprint density at radius 2 is 1.88 bits per heavy atom. The van der Waals surface area contributed by atoms with Crippen molar-refractivity contribution in [2.45, 2.75) is 10.3 Å². The zero-order valence-electron chi connectivity index (χ0n) is 14.0. The summed E-state index contributed by atoms with van der Waals surface area (Å²) < 4.78 is 10.7. The molecule has 1 aromatic carbocycles. The van der Waals surface area contributed by atoms with Gasteiger partial charge in [-0.1, -0.05) is 11.8 Å². The normalized spacial score (nSPS) is 24.6. The van der Waals surface area contributed by atoms with Gasteiger partial charge in [-0.15, -0.1) is 0 Å². The number of anilines is 1. The minimum atomic E-state index is -0.155. The van der Waals surface area contributed by atoms with Gasteiger partial charge in [0.25, 0.3) is 11.8 Å². The minimum Gasteiger partial charge on any atom is -0.378 e. The average Bonchev–Trinajstić information content (AvgIpc) is 2.68. The highest BCUT2D eigenvalue weighted by molar-refractivity contribution is 8.00. The number of hydrogen-bond donors (Lipinski definition) is 2. The first-order chi connectivity index (χ1) is 12.2. The highest BCUT2D eigenvalue weighted by Gasteiger charge is 2.36. The van der Waals surface area contributed by atoms with E-state index in [1.54, 1.807) is 22.7 Å². The Hall–Kier alpha value is -1.61. The lowest BCUT2D eigenvalue weighted by molar-refractivity contribution is -0.909. The molecule has 2 saturated heterocycles. The molecule has 2 fully saturated rings. The van der Waals surface area contributed by atoms with Gasteiger partial charge in [0.15, 0.2) is 0 Å². The fourth-order valence-corrected chi connectivity index (χ4v) is 4.56. The van der Waals surface area contributed by atoms with Crippen LogP contribution in [0.3, 0.4) is 0 Å². The van der Waals surface area contributed by atoms with Gasteiger partial charge in [0.05, 0.1) is 32.1 Å². The predicted octanol–water partition coefficient (Wildman–Crippen LogP) is -0.556. The molecule has 4 rings (SSSR count). The molecule has 8 heteroatoms. The van der Waals surface area contributed by atoms with Crippen LogP contribution in [-0.2, 0) is 14.3 Å². The number of carbonyl (C=O) groups excluding carboxylic acids is 2. The molecule has 3 heterocycles. The number of fused-ring (bicyclic) bond motifs is 1. The Labute approximate surface area is 150 Å². The van der Waals surface area contributed by atoms with E-state index in [9.17, 15) is 9.59 Å². The van der Waals surface area contributed by atoms with E-state index in [0.717, 1.165) is 23.7 Å². The molecule has 2 N–H and O–H groups in total. The van der Waals surface area contributed by atoms with Crippen molar-refractivity contribution in [3.8, 4) is 0 Å². The summed E-state index contributed by atoms with van der Waals surface area (Å²) in [5.74, 6) is -0.00310. The highest BCUT2D eigenvalue weighted by Crippen LogP contribution is 2.34. The van der Waals surface area contributed by atoms with Gasteiger partial charge in [-0.05, 0) is 18.2 Å². The largest absolute Gasteiger partial charge is 0.378 e. The second kappa shape index (κ2) is 7.33. The summed E-state index contributed by atoms with van der Waals surface area (Å²) in [5.41, 5.74) is 1.34. The zero-order chi connectivity index (χ0) is 17.2. The molecule has 2 amide bonds. The monoisotopic (exact) mass is 364 g/mol. The third kappa shape index (κ3) is 3.52. The molecule has 0 aromatic heterocycles. The fourth-order valence-electron chi connectivity index (χ4n) is 3.36. The van der Waals surface area contributed by atoms with E-state index in [2.05, 4.69) is 5.32 Å². The first-order valence-corrected chi connectivity index (χ1v) is 9.51. The van der Waals surface area contributed by atoms with Crippen molar-refractivity contribution in [3.63, 3.8) is 0 Å². The number of hydrogen-bond acceptors (Lipinski definition) is 5. The smallest absolute Gasteiger partial charge is 0.294 e. The van der Waals surface area contributed by atoms with E-state index in [0.29, 0.717) is 45.1 Å². The Kier molecular flexibility index (Phi) is 4.93. The second-order valence-electron chi connectivity index (χ2n) is 6.37. The number of morpholine rings is 2. The molecule has 134 valence electrons. The van der Waals surface area contributed by atoms with Gasteiger partial charge in [-0.2, -0.15) is 0 Å². The number of rotatable bonds is 2. The number of carbonyl (C=O) groups is 2. The standard InChI is InChI=1S/C17H21N3O4S/c21-15-17(20-5-9-24-10-6-20)25-14-2-1-12(11-13(14)18-15)16(22)19-3-7-23-8-4-19/h1-2,11,17H,3-10H2,(H,18,21)/p+1. The van der Waals surface area contributed by atoms with Gasteiger partial charge in [0.1, 0.15) is 13.1 Å². The van der Waals surface area contributed by atoms with Gasteiger partial charge in [0.2, 0.25) is 5.37 Å². The first-order valence-electron chi connectivity index (χ1n) is 8.63. The number of benzene rings is 1. The van der Waals surface area contributed by atoms with Gasteiger partial charge >= 0.3 is 0 Å². The number of nitrogens with one attached hydrogen (secondary N) is 2. The Morgan fingerprint density at radius 1 is 1.16 bits per heavy atom. The van der Waals surface area contributed by atoms with Gasteiger partial charge in [-0.25, -0.2) is 0 Å². The number of ether oxygens (including phenoxy) is 2. The lowest BCUT2D eigenvalue weighted by atomic mass is 10.1. The molecule has 7 nitrogen and oxygen atoms in total. The van der Waals surface area contributed by atoms with E-state index in [4.69, 9.17) is 9.47 Å². The van der Waals surface area contributed by atoms with Crippen molar-refractivity contribution in [2.75, 3.05) is 57.9 Å². The Balaban J connectivity index is 1.51. The zero-order valence-corrected chi connectivity index (χ0v) is 14.8. The molecule has 1 atom stereocenters. The number of amides is 2. The second-order valence-corrected chi connectivity index (χ2v) is 7.52. The minimum absolute atomic E-state index is 0.00497. The van der Waals surface area contributed by atoms with Crippen molar-refractivity contribution in [2.24, 2.45) is 0 Å². The summed E-state index contributed by atoms with van der Waals surface area (Å²) in [6.45, 7) is 5.45. The van der Waals surface area contributed by atoms with E-state index < -0.39 is 0 Å². The van der Waals surface area contributed by atoms with Crippen LogP contribution in [0.25, 0.3) is 0 Å². The van der Waals surface area contributed by atoms with Gasteiger partial charge in [0, 0.05) is 23.5 Å². The Morgan fingerprint density at radius 3 is 2.64 bits per heavy atom. The van der Waals surface area contributed by atoms with E-state index >= 15 is 0 Å². The summed E-state index contributed by atoms with van der Waals surface area (Å²) >= 11 is 1.58. The van der Waals surface area contributed by atoms with Crippen LogP contribution in [-0.4, -0.2) is 74.7 Å². The van der Waals surface area contributed by atoms with Crippen LogP contribution in [0.4, 0.5) is 5.69 Å². The molecule has 1 aromatic rings. The van der Waals surface area contributed by atoms with Crippen LogP contribution < -0.4 is 10.2 Å². The molecular formula is C17H22N3O4S+. The van der Waals surface area contributed by atoms with Crippen LogP contribution in [0.5, 0.6) is 0 Å². The van der Waals surface area contributed by atoms with Crippen molar-refractivity contribution in [1.29, 1.82) is 0 Å². The summed E-state index contributed by atoms with van der Waals surface area (Å²) in [5, 5.41) is 2.83. The third-order valence-electron chi connectivity index (χ3n) is 4.77. The van der Waals surface area contributed by atoms with E-state index in [-0.39, 0.29) is 17.2 Å². The Bertz CT molecular complexity index is 672. The first kappa shape index (κ1) is 16.8. The molecule has 0 radical (unpaired) electrons. The molecule has 25 heavy (non-hydrogen) atoms. The summed E-state index contributed by atoms with van der Waals surface area (Å²) in [4.78, 5) is 29.2. The summed E-state index contributed by atoms with van der Waals surface area (Å²) in [6.07, 6.45) is 0. The summed E-state index contributed by atoms with van der Waals surface area (Å²) in [7, 11) is 0. The average molecular weight is 364 g/mol. The van der Waals surface area contributed by atoms with Crippen LogP contribution in [0.2, 0.25) is 0 Å². The van der Waals surface area contributed by atoms with Crippen LogP contribution >= 0.6 is 11.8 Å². The molecule has 0 saturated carbocycles. The lowest BCUT2D eigenvalue weighted by Crippen LogP contribution is -3.18. The van der Waals surface area contributed by atoms with Crippen molar-refractivity contribution >= 4 is 29.3 Å². The fraction of sp³-hybridized carbons (Fsp3) is 0.529. The van der Waals surface area contributed by atoms with Crippen LogP contribution in [0.1, 0.15) is 10.4 Å². The molecule has 0 spiro atoms. The number of thioether (sulfide) groups is 1. The molecule has 0 bridgehead atoms. The summed E-state index contributed by atoms with van der Waals surface area (Å²) in [6, 6.07) is 5.59. The maximum absolute atomic E-state index is 12.6. The maximum atomic E-state index is 12.6. The quantitative estimate of drug-likeness (QED) is 0.737. The van der Waals surface area contributed by atoms with E-state index in [1.165, 1.54) is 4.90 Å². The number of nitrogens with zero attached hydrogens (tertiary/aromatic N) is 1. The maximum Gasteiger partial charge on any atom is 0.294 e. The van der Waals surface area contributed by atoms with E-state index in [1.807, 2.05) is 12.1 Å². The van der Waals surface area contributed by atoms with Crippen LogP contribution in [0, 0.1) is 0 Å². The molecule has 3 aliphatic heterocycles. The molecular weight excluding hydrogens is 342 g/mol. The van der Waals surface area contributed by atoms with Crippen molar-refractivity contribution in [1.82, 2.24) is 4.90 Å². The molecule has 3 aliphatic rings. The third-order valence-corrected chi connectivity index (χ3v) is 6.16.